The van der Waals surface area contributed by atoms with E-state index in [2.05, 4.69) is 20.2 Å². The van der Waals surface area contributed by atoms with Crippen LogP contribution in [0, 0.1) is 5.92 Å². The molecule has 2 amide bonds. The minimum absolute atomic E-state index is 0.372. The average Bonchev–Trinajstić information content (AvgIpc) is 2.46. The van der Waals surface area contributed by atoms with Gasteiger partial charge in [0.2, 0.25) is 0 Å². The van der Waals surface area contributed by atoms with Gasteiger partial charge < -0.3 is 16.0 Å². The Hall–Kier alpha value is -2.18. The number of anilines is 1. The summed E-state index contributed by atoms with van der Waals surface area (Å²) < 4.78 is 0. The maximum Gasteiger partial charge on any atom is 0.309 e. The molecule has 1 aromatic heterocycles. The van der Waals surface area contributed by atoms with E-state index in [9.17, 15) is 9.59 Å². The summed E-state index contributed by atoms with van der Waals surface area (Å²) in [5.41, 5.74) is 4.88. The van der Waals surface area contributed by atoms with Crippen molar-refractivity contribution in [2.24, 2.45) is 11.7 Å². The van der Waals surface area contributed by atoms with Gasteiger partial charge in [0.1, 0.15) is 5.82 Å². The fraction of sp³-hybridized carbons (Fsp3) is 0.500. The van der Waals surface area contributed by atoms with Crippen molar-refractivity contribution in [2.75, 3.05) is 24.5 Å². The van der Waals surface area contributed by atoms with Gasteiger partial charge in [0, 0.05) is 32.0 Å². The summed E-state index contributed by atoms with van der Waals surface area (Å²) in [6.45, 7) is 2.24. The molecule has 0 aliphatic carbocycles. The number of amides is 2. The standard InChI is InChI=1S/C12H17N5O2/c13-11(18)12(19)16-7-9-1-5-17(6-2-9)10-8-14-3-4-15-10/h3-4,8-9H,1-2,5-7H2,(H2,13,18)(H,16,19). The van der Waals surface area contributed by atoms with Crippen LogP contribution in [0.3, 0.4) is 0 Å². The number of carbonyl (C=O) groups excluding carboxylic acids is 2. The van der Waals surface area contributed by atoms with Crippen LogP contribution in [0.5, 0.6) is 0 Å². The lowest BCUT2D eigenvalue weighted by molar-refractivity contribution is -0.137. The SMILES string of the molecule is NC(=O)C(=O)NCC1CCN(c2cnccn2)CC1. The number of nitrogens with one attached hydrogen (secondary N) is 1. The van der Waals surface area contributed by atoms with E-state index in [1.807, 2.05) is 0 Å². The number of hydrogen-bond acceptors (Lipinski definition) is 5. The summed E-state index contributed by atoms with van der Waals surface area (Å²) in [5, 5.41) is 2.55. The zero-order valence-electron chi connectivity index (χ0n) is 10.6. The Balaban J connectivity index is 1.77. The van der Waals surface area contributed by atoms with Gasteiger partial charge >= 0.3 is 11.8 Å². The Kier molecular flexibility index (Phi) is 4.27. The molecule has 7 nitrogen and oxygen atoms in total. The van der Waals surface area contributed by atoms with Crippen molar-refractivity contribution >= 4 is 17.6 Å². The topological polar surface area (TPSA) is 101 Å². The van der Waals surface area contributed by atoms with Gasteiger partial charge in [-0.3, -0.25) is 14.6 Å². The molecular formula is C12H17N5O2. The third-order valence-corrected chi connectivity index (χ3v) is 3.26. The monoisotopic (exact) mass is 263 g/mol. The van der Waals surface area contributed by atoms with Gasteiger partial charge in [0.05, 0.1) is 6.20 Å². The highest BCUT2D eigenvalue weighted by atomic mass is 16.2. The highest BCUT2D eigenvalue weighted by Gasteiger charge is 2.21. The Labute approximate surface area is 111 Å². The zero-order chi connectivity index (χ0) is 13.7. The number of carbonyl (C=O) groups is 2. The number of hydrogen-bond donors (Lipinski definition) is 2. The second kappa shape index (κ2) is 6.12. The molecule has 0 aromatic carbocycles. The molecule has 0 saturated carbocycles. The molecule has 2 heterocycles. The number of piperidine rings is 1. The first-order valence-corrected chi connectivity index (χ1v) is 6.25. The summed E-state index contributed by atoms with van der Waals surface area (Å²) in [6, 6.07) is 0. The van der Waals surface area contributed by atoms with Crippen molar-refractivity contribution in [1.82, 2.24) is 15.3 Å². The van der Waals surface area contributed by atoms with Gasteiger partial charge in [0.15, 0.2) is 0 Å². The minimum Gasteiger partial charge on any atom is -0.361 e. The van der Waals surface area contributed by atoms with Crippen LogP contribution in [0.4, 0.5) is 5.82 Å². The number of rotatable bonds is 3. The first-order chi connectivity index (χ1) is 9.16. The molecule has 2 rings (SSSR count). The van der Waals surface area contributed by atoms with E-state index in [0.717, 1.165) is 31.7 Å². The molecule has 1 aromatic rings. The number of primary amides is 1. The van der Waals surface area contributed by atoms with Gasteiger partial charge in [-0.05, 0) is 18.8 Å². The van der Waals surface area contributed by atoms with Crippen LogP contribution in [0.15, 0.2) is 18.6 Å². The molecule has 0 atom stereocenters. The molecule has 1 aliphatic heterocycles. The molecule has 19 heavy (non-hydrogen) atoms. The van der Waals surface area contributed by atoms with E-state index >= 15 is 0 Å². The number of aromatic nitrogens is 2. The fourth-order valence-corrected chi connectivity index (χ4v) is 2.14. The van der Waals surface area contributed by atoms with Crippen molar-refractivity contribution in [3.8, 4) is 0 Å². The normalized spacial score (nSPS) is 16.1. The first-order valence-electron chi connectivity index (χ1n) is 6.25. The zero-order valence-corrected chi connectivity index (χ0v) is 10.6. The van der Waals surface area contributed by atoms with E-state index in [4.69, 9.17) is 5.73 Å². The molecule has 1 aliphatic rings. The lowest BCUT2D eigenvalue weighted by Crippen LogP contribution is -2.42. The number of nitrogens with two attached hydrogens (primary N) is 1. The van der Waals surface area contributed by atoms with E-state index in [-0.39, 0.29) is 0 Å². The minimum atomic E-state index is -0.933. The molecule has 1 saturated heterocycles. The predicted octanol–water partition coefficient (Wildman–Crippen LogP) is -0.705. The van der Waals surface area contributed by atoms with E-state index in [1.54, 1.807) is 18.6 Å². The molecule has 0 spiro atoms. The van der Waals surface area contributed by atoms with Crippen LogP contribution in [-0.2, 0) is 9.59 Å². The average molecular weight is 263 g/mol. The van der Waals surface area contributed by atoms with Gasteiger partial charge in [-0.15, -0.1) is 0 Å². The molecule has 0 unspecified atom stereocenters. The summed E-state index contributed by atoms with van der Waals surface area (Å²) in [6.07, 6.45) is 6.95. The van der Waals surface area contributed by atoms with Gasteiger partial charge in [-0.25, -0.2) is 4.98 Å². The lowest BCUT2D eigenvalue weighted by atomic mass is 9.97. The smallest absolute Gasteiger partial charge is 0.309 e. The van der Waals surface area contributed by atoms with Crippen LogP contribution >= 0.6 is 0 Å². The van der Waals surface area contributed by atoms with Crippen LogP contribution in [-0.4, -0.2) is 41.4 Å². The summed E-state index contributed by atoms with van der Waals surface area (Å²) in [5.74, 6) is -0.397. The Morgan fingerprint density at radius 2 is 2.11 bits per heavy atom. The van der Waals surface area contributed by atoms with Crippen LogP contribution in [0.1, 0.15) is 12.8 Å². The third kappa shape index (κ3) is 3.64. The highest BCUT2D eigenvalue weighted by molar-refractivity contribution is 6.34. The van der Waals surface area contributed by atoms with Crippen molar-refractivity contribution < 1.29 is 9.59 Å². The molecule has 0 bridgehead atoms. The molecule has 3 N–H and O–H groups in total. The Bertz CT molecular complexity index is 443. The second-order valence-corrected chi connectivity index (χ2v) is 4.57. The maximum absolute atomic E-state index is 11.1. The maximum atomic E-state index is 11.1. The van der Waals surface area contributed by atoms with Gasteiger partial charge in [-0.1, -0.05) is 0 Å². The van der Waals surface area contributed by atoms with Gasteiger partial charge in [-0.2, -0.15) is 0 Å². The second-order valence-electron chi connectivity index (χ2n) is 4.57. The number of nitrogens with zero attached hydrogens (tertiary/aromatic N) is 3. The Morgan fingerprint density at radius 1 is 1.37 bits per heavy atom. The molecule has 0 radical (unpaired) electrons. The van der Waals surface area contributed by atoms with Crippen molar-refractivity contribution in [3.05, 3.63) is 18.6 Å². The van der Waals surface area contributed by atoms with Crippen molar-refractivity contribution in [3.63, 3.8) is 0 Å². The predicted molar refractivity (Wildman–Crippen MR) is 69.2 cm³/mol. The fourth-order valence-electron chi connectivity index (χ4n) is 2.14. The molecular weight excluding hydrogens is 246 g/mol. The largest absolute Gasteiger partial charge is 0.361 e. The van der Waals surface area contributed by atoms with Crippen LogP contribution < -0.4 is 16.0 Å². The Morgan fingerprint density at radius 3 is 2.68 bits per heavy atom. The van der Waals surface area contributed by atoms with E-state index < -0.39 is 11.8 Å². The van der Waals surface area contributed by atoms with E-state index in [0.29, 0.717) is 12.5 Å². The molecule has 102 valence electrons. The van der Waals surface area contributed by atoms with E-state index in [1.165, 1.54) is 0 Å². The third-order valence-electron chi connectivity index (χ3n) is 3.26. The van der Waals surface area contributed by atoms with Crippen LogP contribution in [0.25, 0.3) is 0 Å². The molecule has 1 fully saturated rings. The molecule has 7 heteroatoms. The quantitative estimate of drug-likeness (QED) is 0.702. The lowest BCUT2D eigenvalue weighted by Gasteiger charge is -2.32. The first kappa shape index (κ1) is 13.3. The summed E-state index contributed by atoms with van der Waals surface area (Å²) in [7, 11) is 0. The van der Waals surface area contributed by atoms with Crippen LogP contribution in [0.2, 0.25) is 0 Å². The summed E-state index contributed by atoms with van der Waals surface area (Å²) in [4.78, 5) is 32.1. The van der Waals surface area contributed by atoms with Gasteiger partial charge in [0.25, 0.3) is 0 Å². The summed E-state index contributed by atoms with van der Waals surface area (Å²) >= 11 is 0. The highest BCUT2D eigenvalue weighted by Crippen LogP contribution is 2.20. The van der Waals surface area contributed by atoms with Crippen molar-refractivity contribution in [2.45, 2.75) is 12.8 Å². The van der Waals surface area contributed by atoms with Crippen molar-refractivity contribution in [1.29, 1.82) is 0 Å².